The van der Waals surface area contributed by atoms with Crippen LogP contribution < -0.4 is 5.32 Å². The van der Waals surface area contributed by atoms with Crippen LogP contribution >= 0.6 is 11.3 Å². The van der Waals surface area contributed by atoms with Crippen LogP contribution in [-0.2, 0) is 9.53 Å². The molecule has 2 amide bonds. The summed E-state index contributed by atoms with van der Waals surface area (Å²) in [7, 11) is 0. The van der Waals surface area contributed by atoms with Gasteiger partial charge in [-0.3, -0.25) is 9.69 Å². The van der Waals surface area contributed by atoms with E-state index in [0.29, 0.717) is 39.3 Å². The highest BCUT2D eigenvalue weighted by molar-refractivity contribution is 7.10. The molecule has 1 aliphatic rings. The number of hydrogen-bond acceptors (Lipinski definition) is 5. The molecule has 1 fully saturated rings. The van der Waals surface area contributed by atoms with Gasteiger partial charge in [-0.1, -0.05) is 36.4 Å². The number of ether oxygens (including phenoxy) is 1. The van der Waals surface area contributed by atoms with Gasteiger partial charge < -0.3 is 15.0 Å². The van der Waals surface area contributed by atoms with E-state index in [-0.39, 0.29) is 18.0 Å². The molecule has 0 spiro atoms. The summed E-state index contributed by atoms with van der Waals surface area (Å²) in [6, 6.07) is 13.9. The Hall–Kier alpha value is -2.38. The number of benzene rings is 1. The summed E-state index contributed by atoms with van der Waals surface area (Å²) in [5, 5.41) is 5.18. The highest BCUT2D eigenvalue weighted by atomic mass is 32.1. The van der Waals surface area contributed by atoms with Crippen molar-refractivity contribution < 1.29 is 14.3 Å². The third kappa shape index (κ3) is 5.30. The van der Waals surface area contributed by atoms with Crippen molar-refractivity contribution in [2.75, 3.05) is 39.3 Å². The monoisotopic (exact) mass is 387 g/mol. The molecule has 0 aliphatic carbocycles. The number of piperazine rings is 1. The van der Waals surface area contributed by atoms with E-state index in [4.69, 9.17) is 4.74 Å². The minimum Gasteiger partial charge on any atom is -0.450 e. The van der Waals surface area contributed by atoms with Gasteiger partial charge in [-0.25, -0.2) is 4.79 Å². The smallest absolute Gasteiger partial charge is 0.409 e. The number of amides is 2. The molecule has 3 rings (SSSR count). The van der Waals surface area contributed by atoms with Gasteiger partial charge in [-0.2, -0.15) is 0 Å². The third-order valence-corrected chi connectivity index (χ3v) is 5.47. The summed E-state index contributed by atoms with van der Waals surface area (Å²) in [5.41, 5.74) is 1.07. The zero-order chi connectivity index (χ0) is 19.1. The largest absolute Gasteiger partial charge is 0.450 e. The number of carbonyl (C=O) groups excluding carboxylic acids is 2. The fourth-order valence-electron chi connectivity index (χ4n) is 3.13. The van der Waals surface area contributed by atoms with Crippen molar-refractivity contribution in [2.24, 2.45) is 0 Å². The highest BCUT2D eigenvalue weighted by Crippen LogP contribution is 2.25. The molecule has 1 atom stereocenters. The van der Waals surface area contributed by atoms with E-state index in [0.717, 1.165) is 10.4 Å². The lowest BCUT2D eigenvalue weighted by Gasteiger charge is -2.33. The second-order valence-electron chi connectivity index (χ2n) is 6.39. The van der Waals surface area contributed by atoms with Crippen LogP contribution in [0.25, 0.3) is 0 Å². The summed E-state index contributed by atoms with van der Waals surface area (Å²) in [4.78, 5) is 29.3. The second-order valence-corrected chi connectivity index (χ2v) is 7.37. The summed E-state index contributed by atoms with van der Waals surface area (Å²) in [6.07, 6.45) is -0.275. The minimum absolute atomic E-state index is 0.0122. The van der Waals surface area contributed by atoms with Crippen LogP contribution in [0.15, 0.2) is 47.8 Å². The maximum absolute atomic E-state index is 12.7. The Bertz CT molecular complexity index is 728. The van der Waals surface area contributed by atoms with Gasteiger partial charge >= 0.3 is 6.09 Å². The van der Waals surface area contributed by atoms with Crippen LogP contribution in [-0.4, -0.2) is 61.1 Å². The van der Waals surface area contributed by atoms with Gasteiger partial charge in [0.05, 0.1) is 19.2 Å². The van der Waals surface area contributed by atoms with Gasteiger partial charge in [0.2, 0.25) is 5.91 Å². The van der Waals surface area contributed by atoms with Crippen molar-refractivity contribution in [3.63, 3.8) is 0 Å². The topological polar surface area (TPSA) is 61.9 Å². The Morgan fingerprint density at radius 2 is 1.85 bits per heavy atom. The number of nitrogens with one attached hydrogen (secondary N) is 1. The minimum atomic E-state index is -0.275. The first-order chi connectivity index (χ1) is 13.2. The van der Waals surface area contributed by atoms with Gasteiger partial charge in [0.15, 0.2) is 0 Å². The summed E-state index contributed by atoms with van der Waals surface area (Å²) >= 11 is 1.64. The number of rotatable bonds is 6. The predicted octanol–water partition coefficient (Wildman–Crippen LogP) is 2.73. The summed E-state index contributed by atoms with van der Waals surface area (Å²) in [5.74, 6) is -0.0122. The first-order valence-corrected chi connectivity index (χ1v) is 10.1. The molecule has 1 N–H and O–H groups in total. The lowest BCUT2D eigenvalue weighted by molar-refractivity contribution is -0.123. The molecule has 144 valence electrons. The molecule has 0 saturated carbocycles. The fourth-order valence-corrected chi connectivity index (χ4v) is 3.94. The summed E-state index contributed by atoms with van der Waals surface area (Å²) < 4.78 is 5.03. The lowest BCUT2D eigenvalue weighted by atomic mass is 10.1. The van der Waals surface area contributed by atoms with Gasteiger partial charge in [-0.15, -0.1) is 11.3 Å². The van der Waals surface area contributed by atoms with Crippen LogP contribution in [0.2, 0.25) is 0 Å². The van der Waals surface area contributed by atoms with E-state index >= 15 is 0 Å². The molecule has 6 nitrogen and oxygen atoms in total. The zero-order valence-electron chi connectivity index (χ0n) is 15.5. The van der Waals surface area contributed by atoms with Crippen LogP contribution in [0.1, 0.15) is 23.4 Å². The first-order valence-electron chi connectivity index (χ1n) is 9.19. The third-order valence-electron chi connectivity index (χ3n) is 4.53. The molecule has 1 aromatic heterocycles. The SMILES string of the molecule is CCOC(=O)N1CCN(CC(=O)N[C@H](c2ccccc2)c2cccs2)CC1. The Morgan fingerprint density at radius 3 is 2.48 bits per heavy atom. The maximum Gasteiger partial charge on any atom is 0.409 e. The van der Waals surface area contributed by atoms with E-state index < -0.39 is 0 Å². The van der Waals surface area contributed by atoms with Crippen LogP contribution in [0.5, 0.6) is 0 Å². The van der Waals surface area contributed by atoms with Gasteiger partial charge in [-0.05, 0) is 23.9 Å². The first kappa shape index (κ1) is 19.4. The van der Waals surface area contributed by atoms with E-state index in [2.05, 4.69) is 10.2 Å². The Balaban J connectivity index is 1.56. The van der Waals surface area contributed by atoms with Gasteiger partial charge in [0, 0.05) is 31.1 Å². The van der Waals surface area contributed by atoms with Crippen LogP contribution in [0.3, 0.4) is 0 Å². The average molecular weight is 388 g/mol. The fraction of sp³-hybridized carbons (Fsp3) is 0.400. The Labute approximate surface area is 163 Å². The van der Waals surface area contributed by atoms with E-state index in [1.54, 1.807) is 23.2 Å². The second kappa shape index (κ2) is 9.53. The van der Waals surface area contributed by atoms with E-state index in [9.17, 15) is 9.59 Å². The van der Waals surface area contributed by atoms with Crippen LogP contribution in [0, 0.1) is 0 Å². The summed E-state index contributed by atoms with van der Waals surface area (Å²) in [6.45, 7) is 5.01. The standard InChI is InChI=1S/C20H25N3O3S/c1-2-26-20(25)23-12-10-22(11-13-23)15-18(24)21-19(17-9-6-14-27-17)16-7-4-3-5-8-16/h3-9,14,19H,2,10-13,15H2,1H3,(H,21,24)/t19-/m1/s1. The zero-order valence-corrected chi connectivity index (χ0v) is 16.3. The number of nitrogens with zero attached hydrogens (tertiary/aromatic N) is 2. The molecule has 1 aliphatic heterocycles. The van der Waals surface area contributed by atoms with Crippen molar-refractivity contribution in [3.8, 4) is 0 Å². The van der Waals surface area contributed by atoms with Gasteiger partial charge in [0.25, 0.3) is 0 Å². The molecule has 0 radical (unpaired) electrons. The van der Waals surface area contributed by atoms with Crippen molar-refractivity contribution in [1.82, 2.24) is 15.1 Å². The molecule has 1 saturated heterocycles. The molecule has 1 aromatic carbocycles. The molecule has 0 bridgehead atoms. The number of thiophene rings is 1. The normalized spacial score (nSPS) is 16.0. The molecule has 7 heteroatoms. The lowest BCUT2D eigenvalue weighted by Crippen LogP contribution is -2.51. The Morgan fingerprint density at radius 1 is 1.11 bits per heavy atom. The van der Waals surface area contributed by atoms with Crippen LogP contribution in [0.4, 0.5) is 4.79 Å². The van der Waals surface area contributed by atoms with Crippen molar-refractivity contribution in [1.29, 1.82) is 0 Å². The van der Waals surface area contributed by atoms with Crippen molar-refractivity contribution in [3.05, 3.63) is 58.3 Å². The highest BCUT2D eigenvalue weighted by Gasteiger charge is 2.24. The number of hydrogen-bond donors (Lipinski definition) is 1. The van der Waals surface area contributed by atoms with E-state index in [1.807, 2.05) is 47.8 Å². The van der Waals surface area contributed by atoms with Crippen molar-refractivity contribution in [2.45, 2.75) is 13.0 Å². The molecule has 27 heavy (non-hydrogen) atoms. The maximum atomic E-state index is 12.7. The van der Waals surface area contributed by atoms with Crippen molar-refractivity contribution >= 4 is 23.3 Å². The molecule has 2 aromatic rings. The number of carbonyl (C=O) groups is 2. The molecule has 0 unspecified atom stereocenters. The molecule has 2 heterocycles. The quantitative estimate of drug-likeness (QED) is 0.828. The molecular weight excluding hydrogens is 362 g/mol. The predicted molar refractivity (Wildman–Crippen MR) is 106 cm³/mol. The van der Waals surface area contributed by atoms with Gasteiger partial charge in [0.1, 0.15) is 0 Å². The Kier molecular flexibility index (Phi) is 6.84. The average Bonchev–Trinajstić information content (AvgIpc) is 3.22. The molecular formula is C20H25N3O3S. The van der Waals surface area contributed by atoms with E-state index in [1.165, 1.54) is 0 Å².